The normalized spacial score (nSPS) is 12.1. The molecule has 0 bridgehead atoms. The van der Waals surface area contributed by atoms with Gasteiger partial charge in [-0.15, -0.1) is 0 Å². The molecule has 0 fully saturated rings. The van der Waals surface area contributed by atoms with Crippen LogP contribution in [-0.4, -0.2) is 22.0 Å². The molecule has 0 aliphatic rings. The molecule has 0 unspecified atom stereocenters. The second-order valence-corrected chi connectivity index (χ2v) is 4.61. The van der Waals surface area contributed by atoms with E-state index in [1.54, 1.807) is 0 Å². The first-order valence-electron chi connectivity index (χ1n) is 5.03. The predicted molar refractivity (Wildman–Crippen MR) is 57.4 cm³/mol. The molecule has 0 saturated heterocycles. The van der Waals surface area contributed by atoms with Crippen LogP contribution < -0.4 is 0 Å². The molecule has 0 aliphatic heterocycles. The third kappa shape index (κ3) is 3.50. The largest absolute Gasteiger partial charge is 0.374 e. The lowest BCUT2D eigenvalue weighted by Crippen LogP contribution is -2.22. The zero-order chi connectivity index (χ0) is 10.8. The Balaban J connectivity index is 2.42. The molecule has 80 valence electrons. The van der Waals surface area contributed by atoms with E-state index in [9.17, 15) is 0 Å². The Morgan fingerprint density at radius 2 is 2.00 bits per heavy atom. The van der Waals surface area contributed by atoms with Gasteiger partial charge in [0.1, 0.15) is 0 Å². The first-order chi connectivity index (χ1) is 6.38. The van der Waals surface area contributed by atoms with Crippen LogP contribution in [0.15, 0.2) is 6.07 Å². The molecule has 0 N–H and O–H groups in total. The zero-order valence-corrected chi connectivity index (χ0v) is 9.79. The molecular weight excluding hydrogens is 176 g/mol. The van der Waals surface area contributed by atoms with Crippen LogP contribution in [0.1, 0.15) is 32.2 Å². The third-order valence-corrected chi connectivity index (χ3v) is 1.94. The van der Waals surface area contributed by atoms with Crippen LogP contribution in [-0.2, 0) is 11.3 Å². The van der Waals surface area contributed by atoms with Gasteiger partial charge < -0.3 is 4.74 Å². The second kappa shape index (κ2) is 4.13. The standard InChI is InChI=1S/C11H20N2O/c1-9-8-10(2)13(12-9)6-7-14-11(3,4)5/h8H,6-7H2,1-5H3. The number of nitrogens with zero attached hydrogens (tertiary/aromatic N) is 2. The Kier molecular flexibility index (Phi) is 3.32. The van der Waals surface area contributed by atoms with E-state index >= 15 is 0 Å². The van der Waals surface area contributed by atoms with E-state index in [1.807, 2.05) is 11.6 Å². The van der Waals surface area contributed by atoms with Crippen molar-refractivity contribution in [2.75, 3.05) is 6.61 Å². The summed E-state index contributed by atoms with van der Waals surface area (Å²) in [6.45, 7) is 11.8. The van der Waals surface area contributed by atoms with Gasteiger partial charge in [0.15, 0.2) is 0 Å². The van der Waals surface area contributed by atoms with Crippen molar-refractivity contribution >= 4 is 0 Å². The van der Waals surface area contributed by atoms with E-state index in [0.717, 1.165) is 12.2 Å². The summed E-state index contributed by atoms with van der Waals surface area (Å²) in [5.74, 6) is 0. The minimum Gasteiger partial charge on any atom is -0.374 e. The van der Waals surface area contributed by atoms with E-state index in [2.05, 4.69) is 38.9 Å². The molecule has 0 radical (unpaired) electrons. The van der Waals surface area contributed by atoms with E-state index < -0.39 is 0 Å². The fourth-order valence-corrected chi connectivity index (χ4v) is 1.34. The minimum atomic E-state index is -0.0594. The maximum absolute atomic E-state index is 5.64. The summed E-state index contributed by atoms with van der Waals surface area (Å²) in [5.41, 5.74) is 2.20. The summed E-state index contributed by atoms with van der Waals surface area (Å²) in [4.78, 5) is 0. The Bertz CT molecular complexity index is 297. The van der Waals surface area contributed by atoms with Crippen LogP contribution >= 0.6 is 0 Å². The van der Waals surface area contributed by atoms with Crippen molar-refractivity contribution in [2.45, 2.75) is 46.8 Å². The quantitative estimate of drug-likeness (QED) is 0.741. The molecule has 3 heteroatoms. The van der Waals surface area contributed by atoms with Crippen molar-refractivity contribution in [3.8, 4) is 0 Å². The Morgan fingerprint density at radius 3 is 2.43 bits per heavy atom. The lowest BCUT2D eigenvalue weighted by Gasteiger charge is -2.19. The maximum atomic E-state index is 5.64. The summed E-state index contributed by atoms with van der Waals surface area (Å²) in [5, 5.41) is 4.37. The van der Waals surface area contributed by atoms with Gasteiger partial charge in [0, 0.05) is 5.69 Å². The minimum absolute atomic E-state index is 0.0594. The number of aryl methyl sites for hydroxylation is 2. The lowest BCUT2D eigenvalue weighted by molar-refractivity contribution is -0.00810. The van der Waals surface area contributed by atoms with Crippen LogP contribution in [0, 0.1) is 13.8 Å². The van der Waals surface area contributed by atoms with Crippen LogP contribution in [0.2, 0.25) is 0 Å². The zero-order valence-electron chi connectivity index (χ0n) is 9.79. The molecule has 1 heterocycles. The molecule has 0 amide bonds. The van der Waals surface area contributed by atoms with Crippen molar-refractivity contribution in [3.05, 3.63) is 17.5 Å². The van der Waals surface area contributed by atoms with Crippen LogP contribution in [0.25, 0.3) is 0 Å². The summed E-state index contributed by atoms with van der Waals surface area (Å²) in [7, 11) is 0. The molecule has 0 saturated carbocycles. The second-order valence-electron chi connectivity index (χ2n) is 4.61. The van der Waals surface area contributed by atoms with Gasteiger partial charge in [0.05, 0.1) is 24.4 Å². The average Bonchev–Trinajstić information content (AvgIpc) is 2.27. The SMILES string of the molecule is Cc1cc(C)n(CCOC(C)(C)C)n1. The third-order valence-electron chi connectivity index (χ3n) is 1.94. The van der Waals surface area contributed by atoms with E-state index in [0.29, 0.717) is 6.61 Å². The topological polar surface area (TPSA) is 27.1 Å². The van der Waals surface area contributed by atoms with Crippen molar-refractivity contribution in [1.82, 2.24) is 9.78 Å². The molecule has 14 heavy (non-hydrogen) atoms. The monoisotopic (exact) mass is 196 g/mol. The van der Waals surface area contributed by atoms with E-state index in [-0.39, 0.29) is 5.60 Å². The van der Waals surface area contributed by atoms with Gasteiger partial charge in [-0.3, -0.25) is 4.68 Å². The van der Waals surface area contributed by atoms with Gasteiger partial charge in [0.25, 0.3) is 0 Å². The Morgan fingerprint density at radius 1 is 1.36 bits per heavy atom. The summed E-state index contributed by atoms with van der Waals surface area (Å²) >= 11 is 0. The highest BCUT2D eigenvalue weighted by Crippen LogP contribution is 2.07. The van der Waals surface area contributed by atoms with Crippen molar-refractivity contribution in [2.24, 2.45) is 0 Å². The maximum Gasteiger partial charge on any atom is 0.0669 e. The highest BCUT2D eigenvalue weighted by Gasteiger charge is 2.09. The fraction of sp³-hybridized carbons (Fsp3) is 0.727. The summed E-state index contributed by atoms with van der Waals surface area (Å²) < 4.78 is 7.62. The number of rotatable bonds is 3. The molecule has 3 nitrogen and oxygen atoms in total. The molecular formula is C11H20N2O. The van der Waals surface area contributed by atoms with Crippen LogP contribution in [0.5, 0.6) is 0 Å². The van der Waals surface area contributed by atoms with E-state index in [4.69, 9.17) is 4.74 Å². The van der Waals surface area contributed by atoms with E-state index in [1.165, 1.54) is 5.69 Å². The lowest BCUT2D eigenvalue weighted by atomic mass is 10.2. The predicted octanol–water partition coefficient (Wildman–Crippen LogP) is 2.32. The summed E-state index contributed by atoms with van der Waals surface area (Å²) in [6, 6.07) is 2.08. The number of hydrogen-bond donors (Lipinski definition) is 0. The van der Waals surface area contributed by atoms with Gasteiger partial charge >= 0.3 is 0 Å². The molecule has 1 aromatic heterocycles. The van der Waals surface area contributed by atoms with Crippen molar-refractivity contribution in [3.63, 3.8) is 0 Å². The molecule has 0 spiro atoms. The molecule has 0 aliphatic carbocycles. The van der Waals surface area contributed by atoms with Crippen LogP contribution in [0.3, 0.4) is 0 Å². The number of ether oxygens (including phenoxy) is 1. The number of aromatic nitrogens is 2. The Hall–Kier alpha value is -0.830. The highest BCUT2D eigenvalue weighted by atomic mass is 16.5. The molecule has 1 rings (SSSR count). The van der Waals surface area contributed by atoms with Gasteiger partial charge in [-0.2, -0.15) is 5.10 Å². The number of hydrogen-bond acceptors (Lipinski definition) is 2. The van der Waals surface area contributed by atoms with Gasteiger partial charge in [0.2, 0.25) is 0 Å². The van der Waals surface area contributed by atoms with Crippen molar-refractivity contribution < 1.29 is 4.74 Å². The highest BCUT2D eigenvalue weighted by molar-refractivity contribution is 5.06. The molecule has 0 aromatic carbocycles. The fourth-order valence-electron chi connectivity index (χ4n) is 1.34. The smallest absolute Gasteiger partial charge is 0.0669 e. The Labute approximate surface area is 86.1 Å². The molecule has 0 atom stereocenters. The molecule has 1 aromatic rings. The van der Waals surface area contributed by atoms with Gasteiger partial charge in [-0.1, -0.05) is 0 Å². The van der Waals surface area contributed by atoms with Crippen LogP contribution in [0.4, 0.5) is 0 Å². The average molecular weight is 196 g/mol. The van der Waals surface area contributed by atoms with Gasteiger partial charge in [-0.25, -0.2) is 0 Å². The van der Waals surface area contributed by atoms with Crippen molar-refractivity contribution in [1.29, 1.82) is 0 Å². The first kappa shape index (κ1) is 11.2. The first-order valence-corrected chi connectivity index (χ1v) is 5.03. The summed E-state index contributed by atoms with van der Waals surface area (Å²) in [6.07, 6.45) is 0. The van der Waals surface area contributed by atoms with Gasteiger partial charge in [-0.05, 0) is 40.7 Å².